The fourth-order valence-electron chi connectivity index (χ4n) is 2.40. The van der Waals surface area contributed by atoms with Gasteiger partial charge in [-0.25, -0.2) is 0 Å². The molecule has 4 nitrogen and oxygen atoms in total. The molecule has 0 radical (unpaired) electrons. The van der Waals surface area contributed by atoms with Crippen molar-refractivity contribution in [2.75, 3.05) is 13.1 Å². The molecule has 0 amide bonds. The van der Waals surface area contributed by atoms with Gasteiger partial charge in [-0.2, -0.15) is 0 Å². The van der Waals surface area contributed by atoms with Gasteiger partial charge in [0.1, 0.15) is 12.2 Å². The van der Waals surface area contributed by atoms with Crippen LogP contribution in [0.3, 0.4) is 0 Å². The molecule has 0 spiro atoms. The molecule has 0 bridgehead atoms. The Kier molecular flexibility index (Phi) is 3.30. The SMILES string of the molecule is Clc1ccc(-n2cnnc2C2CCCNC2)cc1. The highest BCUT2D eigenvalue weighted by Gasteiger charge is 2.20. The first-order valence-electron chi connectivity index (χ1n) is 6.21. The van der Waals surface area contributed by atoms with Crippen molar-refractivity contribution < 1.29 is 0 Å². The second-order valence-electron chi connectivity index (χ2n) is 4.58. The van der Waals surface area contributed by atoms with E-state index in [1.807, 2.05) is 28.8 Å². The van der Waals surface area contributed by atoms with Crippen molar-refractivity contribution >= 4 is 11.6 Å². The summed E-state index contributed by atoms with van der Waals surface area (Å²) >= 11 is 5.91. The van der Waals surface area contributed by atoms with Crippen LogP contribution in [0.2, 0.25) is 5.02 Å². The van der Waals surface area contributed by atoms with Crippen molar-refractivity contribution in [2.24, 2.45) is 0 Å². The molecule has 1 aromatic heterocycles. The molecule has 0 aliphatic carbocycles. The largest absolute Gasteiger partial charge is 0.316 e. The van der Waals surface area contributed by atoms with E-state index in [9.17, 15) is 0 Å². The topological polar surface area (TPSA) is 42.7 Å². The first-order chi connectivity index (χ1) is 8.84. The predicted molar refractivity (Wildman–Crippen MR) is 71.2 cm³/mol. The Morgan fingerprint density at radius 3 is 2.83 bits per heavy atom. The van der Waals surface area contributed by atoms with Gasteiger partial charge < -0.3 is 5.32 Å². The van der Waals surface area contributed by atoms with Crippen LogP contribution in [0.15, 0.2) is 30.6 Å². The van der Waals surface area contributed by atoms with Crippen LogP contribution in [0.25, 0.3) is 5.69 Å². The molecule has 2 aromatic rings. The highest BCUT2D eigenvalue weighted by Crippen LogP contribution is 2.24. The molecule has 1 aliphatic rings. The van der Waals surface area contributed by atoms with E-state index in [2.05, 4.69) is 15.5 Å². The van der Waals surface area contributed by atoms with Crippen molar-refractivity contribution in [1.82, 2.24) is 20.1 Å². The zero-order valence-electron chi connectivity index (χ0n) is 10.0. The molecule has 2 heterocycles. The van der Waals surface area contributed by atoms with Crippen LogP contribution in [0.1, 0.15) is 24.6 Å². The lowest BCUT2D eigenvalue weighted by Gasteiger charge is -2.22. The van der Waals surface area contributed by atoms with Crippen LogP contribution in [-0.4, -0.2) is 27.9 Å². The van der Waals surface area contributed by atoms with Crippen LogP contribution in [0.4, 0.5) is 0 Å². The van der Waals surface area contributed by atoms with E-state index in [0.29, 0.717) is 5.92 Å². The molecule has 1 saturated heterocycles. The van der Waals surface area contributed by atoms with Crippen molar-refractivity contribution in [1.29, 1.82) is 0 Å². The third-order valence-corrected chi connectivity index (χ3v) is 3.59. The smallest absolute Gasteiger partial charge is 0.141 e. The number of nitrogens with zero attached hydrogens (tertiary/aromatic N) is 3. The third kappa shape index (κ3) is 2.26. The summed E-state index contributed by atoms with van der Waals surface area (Å²) in [5.41, 5.74) is 1.06. The summed E-state index contributed by atoms with van der Waals surface area (Å²) in [6, 6.07) is 7.76. The van der Waals surface area contributed by atoms with Gasteiger partial charge in [-0.1, -0.05) is 11.6 Å². The van der Waals surface area contributed by atoms with E-state index >= 15 is 0 Å². The number of hydrogen-bond acceptors (Lipinski definition) is 3. The monoisotopic (exact) mass is 262 g/mol. The normalized spacial score (nSPS) is 19.9. The van der Waals surface area contributed by atoms with Gasteiger partial charge in [-0.05, 0) is 43.7 Å². The Bertz CT molecular complexity index is 514. The van der Waals surface area contributed by atoms with Crippen LogP contribution in [0.5, 0.6) is 0 Å². The minimum atomic E-state index is 0.442. The highest BCUT2D eigenvalue weighted by atomic mass is 35.5. The Morgan fingerprint density at radius 1 is 1.28 bits per heavy atom. The summed E-state index contributed by atoms with van der Waals surface area (Å²) in [5.74, 6) is 1.47. The Hall–Kier alpha value is -1.39. The fraction of sp³-hybridized carbons (Fsp3) is 0.385. The summed E-state index contributed by atoms with van der Waals surface area (Å²) in [4.78, 5) is 0. The predicted octanol–water partition coefficient (Wildman–Crippen LogP) is 2.39. The average Bonchev–Trinajstić information content (AvgIpc) is 2.90. The molecule has 1 atom stereocenters. The molecule has 1 N–H and O–H groups in total. The van der Waals surface area contributed by atoms with Gasteiger partial charge in [0.2, 0.25) is 0 Å². The van der Waals surface area contributed by atoms with Gasteiger partial charge in [0, 0.05) is 23.2 Å². The van der Waals surface area contributed by atoms with E-state index < -0.39 is 0 Å². The van der Waals surface area contributed by atoms with E-state index in [1.54, 1.807) is 6.33 Å². The number of hydrogen-bond donors (Lipinski definition) is 1. The van der Waals surface area contributed by atoms with Crippen LogP contribution in [0, 0.1) is 0 Å². The molecule has 3 rings (SSSR count). The van der Waals surface area contributed by atoms with Crippen molar-refractivity contribution in [3.63, 3.8) is 0 Å². The number of nitrogens with one attached hydrogen (secondary N) is 1. The minimum Gasteiger partial charge on any atom is -0.316 e. The molecule has 5 heteroatoms. The first-order valence-corrected chi connectivity index (χ1v) is 6.59. The quantitative estimate of drug-likeness (QED) is 0.904. The lowest BCUT2D eigenvalue weighted by molar-refractivity contribution is 0.442. The minimum absolute atomic E-state index is 0.442. The third-order valence-electron chi connectivity index (χ3n) is 3.34. The van der Waals surface area contributed by atoms with Crippen molar-refractivity contribution in [3.05, 3.63) is 41.4 Å². The van der Waals surface area contributed by atoms with E-state index in [0.717, 1.165) is 29.6 Å². The van der Waals surface area contributed by atoms with Gasteiger partial charge in [0.25, 0.3) is 0 Å². The lowest BCUT2D eigenvalue weighted by atomic mass is 9.99. The van der Waals surface area contributed by atoms with Crippen LogP contribution in [-0.2, 0) is 0 Å². The van der Waals surface area contributed by atoms with Crippen molar-refractivity contribution in [2.45, 2.75) is 18.8 Å². The summed E-state index contributed by atoms with van der Waals surface area (Å²) in [6.45, 7) is 2.08. The molecule has 1 fully saturated rings. The van der Waals surface area contributed by atoms with Gasteiger partial charge in [-0.15, -0.1) is 10.2 Å². The molecule has 1 aromatic carbocycles. The summed E-state index contributed by atoms with van der Waals surface area (Å²) in [5, 5.41) is 12.5. The molecular weight excluding hydrogens is 248 g/mol. The van der Waals surface area contributed by atoms with Gasteiger partial charge in [0.05, 0.1) is 0 Å². The van der Waals surface area contributed by atoms with Gasteiger partial charge in [0.15, 0.2) is 0 Å². The summed E-state index contributed by atoms with van der Waals surface area (Å²) in [6.07, 6.45) is 4.13. The van der Waals surface area contributed by atoms with Crippen LogP contribution < -0.4 is 5.32 Å². The zero-order valence-corrected chi connectivity index (χ0v) is 10.8. The maximum atomic E-state index is 5.91. The second kappa shape index (κ2) is 5.08. The second-order valence-corrected chi connectivity index (χ2v) is 5.02. The molecule has 1 unspecified atom stereocenters. The standard InChI is InChI=1S/C13H15ClN4/c14-11-3-5-12(6-4-11)18-9-16-17-13(18)10-2-1-7-15-8-10/h3-6,9-10,15H,1-2,7-8H2. The number of piperidine rings is 1. The Balaban J connectivity index is 1.93. The zero-order chi connectivity index (χ0) is 12.4. The first kappa shape index (κ1) is 11.7. The molecule has 94 valence electrons. The number of rotatable bonds is 2. The summed E-state index contributed by atoms with van der Waals surface area (Å²) < 4.78 is 2.05. The number of aromatic nitrogens is 3. The Labute approximate surface area is 111 Å². The highest BCUT2D eigenvalue weighted by molar-refractivity contribution is 6.30. The molecule has 18 heavy (non-hydrogen) atoms. The Morgan fingerprint density at radius 2 is 2.11 bits per heavy atom. The van der Waals surface area contributed by atoms with E-state index in [4.69, 9.17) is 11.6 Å². The molecule has 1 aliphatic heterocycles. The molecule has 0 saturated carbocycles. The molecular formula is C13H15ClN4. The van der Waals surface area contributed by atoms with E-state index in [-0.39, 0.29) is 0 Å². The van der Waals surface area contributed by atoms with Crippen LogP contribution >= 0.6 is 11.6 Å². The summed E-state index contributed by atoms with van der Waals surface area (Å²) in [7, 11) is 0. The number of benzene rings is 1. The van der Waals surface area contributed by atoms with Gasteiger partial charge >= 0.3 is 0 Å². The lowest BCUT2D eigenvalue weighted by Crippen LogP contribution is -2.29. The van der Waals surface area contributed by atoms with Gasteiger partial charge in [-0.3, -0.25) is 4.57 Å². The maximum absolute atomic E-state index is 5.91. The maximum Gasteiger partial charge on any atom is 0.141 e. The number of halogens is 1. The van der Waals surface area contributed by atoms with Crippen molar-refractivity contribution in [3.8, 4) is 5.69 Å². The fourth-order valence-corrected chi connectivity index (χ4v) is 2.52. The van der Waals surface area contributed by atoms with E-state index in [1.165, 1.54) is 12.8 Å². The average molecular weight is 263 g/mol.